The van der Waals surface area contributed by atoms with Gasteiger partial charge in [0, 0.05) is 12.6 Å². The van der Waals surface area contributed by atoms with Crippen molar-refractivity contribution in [1.29, 1.82) is 0 Å². The Morgan fingerprint density at radius 1 is 1.40 bits per heavy atom. The molecule has 1 aromatic carbocycles. The van der Waals surface area contributed by atoms with Crippen LogP contribution in [0.15, 0.2) is 24.5 Å². The minimum atomic E-state index is -3.53. The van der Waals surface area contributed by atoms with Crippen molar-refractivity contribution in [3.8, 4) is 5.75 Å². The van der Waals surface area contributed by atoms with Gasteiger partial charge in [-0.3, -0.25) is 9.48 Å². The van der Waals surface area contributed by atoms with Crippen molar-refractivity contribution in [3.63, 3.8) is 0 Å². The van der Waals surface area contributed by atoms with E-state index in [1.807, 2.05) is 0 Å². The lowest BCUT2D eigenvalue weighted by molar-refractivity contribution is 0.0990. The minimum Gasteiger partial charge on any atom is -0.490 e. The number of aryl methyl sites for hydroxylation is 1. The van der Waals surface area contributed by atoms with Gasteiger partial charge >= 0.3 is 0 Å². The lowest BCUT2D eigenvalue weighted by Crippen LogP contribution is -2.29. The quantitative estimate of drug-likeness (QED) is 0.485. The first kappa shape index (κ1) is 22.2. The number of unbranched alkanes of at least 4 members (excludes halogenated alkanes) is 1. The number of hydrogen-bond acceptors (Lipinski definition) is 6. The summed E-state index contributed by atoms with van der Waals surface area (Å²) >= 11 is 0. The summed E-state index contributed by atoms with van der Waals surface area (Å²) in [7, 11) is -3.53. The number of ether oxygens (including phenoxy) is 1. The van der Waals surface area contributed by atoms with E-state index in [-0.39, 0.29) is 17.3 Å². The average molecular weight is 440 g/mol. The number of aromatic nitrogens is 3. The number of carbonyl (C=O) groups excluding carboxylic acids is 1. The third-order valence-corrected chi connectivity index (χ3v) is 6.33. The number of carbonyl (C=O) groups is 1. The van der Waals surface area contributed by atoms with Gasteiger partial charge in [-0.2, -0.15) is 0 Å². The highest BCUT2D eigenvalue weighted by atomic mass is 32.2. The number of hydrogen-bond donors (Lipinski definition) is 2. The smallest absolute Gasteiger partial charge is 0.288 e. The zero-order valence-corrected chi connectivity index (χ0v) is 17.6. The zero-order chi connectivity index (χ0) is 21.7. The Kier molecular flexibility index (Phi) is 7.03. The number of primary amides is 1. The predicted molar refractivity (Wildman–Crippen MR) is 108 cm³/mol. The highest BCUT2D eigenvalue weighted by molar-refractivity contribution is 7.89. The standard InChI is InChI=1S/C19H26FN5O4S/c1-13(15-6-7-16(20)17(10-15)29-11-14-4-5-14)24-30(27,28)9-3-2-8-25-12-22-19(23-25)18(21)26/h6-7,10,12-14,24H,2-5,8-9,11H2,1H3,(H2,21,26)/t13-/m1/s1. The third-order valence-electron chi connectivity index (χ3n) is 4.79. The van der Waals surface area contributed by atoms with Gasteiger partial charge in [-0.15, -0.1) is 5.10 Å². The van der Waals surface area contributed by atoms with Crippen molar-refractivity contribution in [2.24, 2.45) is 11.7 Å². The van der Waals surface area contributed by atoms with Gasteiger partial charge in [0.15, 0.2) is 11.6 Å². The molecule has 1 heterocycles. The van der Waals surface area contributed by atoms with Crippen molar-refractivity contribution in [2.75, 3.05) is 12.4 Å². The van der Waals surface area contributed by atoms with Gasteiger partial charge in [-0.05, 0) is 56.2 Å². The molecule has 1 amide bonds. The number of rotatable bonds is 12. The van der Waals surface area contributed by atoms with Crippen LogP contribution >= 0.6 is 0 Å². The van der Waals surface area contributed by atoms with Gasteiger partial charge in [0.2, 0.25) is 15.8 Å². The number of benzene rings is 1. The molecule has 1 aliphatic rings. The summed E-state index contributed by atoms with van der Waals surface area (Å²) in [5.74, 6) is -0.671. The minimum absolute atomic E-state index is 0.0685. The van der Waals surface area contributed by atoms with Crippen molar-refractivity contribution in [3.05, 3.63) is 41.7 Å². The second kappa shape index (κ2) is 9.52. The van der Waals surface area contributed by atoms with E-state index < -0.39 is 27.8 Å². The van der Waals surface area contributed by atoms with E-state index in [1.54, 1.807) is 19.1 Å². The molecule has 11 heteroatoms. The van der Waals surface area contributed by atoms with Crippen molar-refractivity contribution in [1.82, 2.24) is 19.5 Å². The number of sulfonamides is 1. The summed E-state index contributed by atoms with van der Waals surface area (Å²) in [6.45, 7) is 2.61. The number of nitrogens with two attached hydrogens (primary N) is 1. The molecule has 0 radical (unpaired) electrons. The fraction of sp³-hybridized carbons (Fsp3) is 0.526. The molecule has 30 heavy (non-hydrogen) atoms. The fourth-order valence-corrected chi connectivity index (χ4v) is 4.25. The highest BCUT2D eigenvalue weighted by Gasteiger charge is 2.23. The van der Waals surface area contributed by atoms with Gasteiger partial charge in [-0.1, -0.05) is 6.07 Å². The van der Waals surface area contributed by atoms with Gasteiger partial charge in [0.25, 0.3) is 5.91 Å². The first-order valence-electron chi connectivity index (χ1n) is 9.85. The van der Waals surface area contributed by atoms with Gasteiger partial charge < -0.3 is 10.5 Å². The fourth-order valence-electron chi connectivity index (χ4n) is 2.87. The third kappa shape index (κ3) is 6.49. The van der Waals surface area contributed by atoms with Crippen LogP contribution in [0.1, 0.15) is 54.8 Å². The van der Waals surface area contributed by atoms with E-state index in [4.69, 9.17) is 10.5 Å². The molecule has 0 saturated heterocycles. The Labute approximate surface area is 174 Å². The van der Waals surface area contributed by atoms with E-state index in [2.05, 4.69) is 14.8 Å². The molecule has 0 unspecified atom stereocenters. The maximum Gasteiger partial charge on any atom is 0.288 e. The molecule has 3 N–H and O–H groups in total. The number of nitrogens with one attached hydrogen (secondary N) is 1. The van der Waals surface area contributed by atoms with Crippen LogP contribution in [0.25, 0.3) is 0 Å². The first-order chi connectivity index (χ1) is 14.2. The van der Waals surface area contributed by atoms with Crippen LogP contribution in [-0.4, -0.2) is 41.4 Å². The van der Waals surface area contributed by atoms with E-state index in [0.29, 0.717) is 37.5 Å². The van der Waals surface area contributed by atoms with Crippen molar-refractivity contribution >= 4 is 15.9 Å². The zero-order valence-electron chi connectivity index (χ0n) is 16.8. The second-order valence-electron chi connectivity index (χ2n) is 7.51. The Morgan fingerprint density at radius 2 is 2.17 bits per heavy atom. The van der Waals surface area contributed by atoms with E-state index in [1.165, 1.54) is 17.1 Å². The summed E-state index contributed by atoms with van der Waals surface area (Å²) in [4.78, 5) is 14.7. The molecule has 1 saturated carbocycles. The molecule has 3 rings (SSSR count). The summed E-state index contributed by atoms with van der Waals surface area (Å²) in [6, 6.07) is 3.87. The molecule has 1 aromatic heterocycles. The van der Waals surface area contributed by atoms with E-state index in [0.717, 1.165) is 12.8 Å². The van der Waals surface area contributed by atoms with Crippen LogP contribution in [0.3, 0.4) is 0 Å². The van der Waals surface area contributed by atoms with Gasteiger partial charge in [-0.25, -0.2) is 22.5 Å². The Morgan fingerprint density at radius 3 is 2.83 bits per heavy atom. The Bertz CT molecular complexity index is 991. The van der Waals surface area contributed by atoms with Crippen LogP contribution in [0.4, 0.5) is 4.39 Å². The first-order valence-corrected chi connectivity index (χ1v) is 11.5. The molecule has 1 atom stereocenters. The van der Waals surface area contributed by atoms with Crippen LogP contribution in [0.5, 0.6) is 5.75 Å². The molecule has 164 valence electrons. The molecule has 1 aliphatic carbocycles. The monoisotopic (exact) mass is 439 g/mol. The highest BCUT2D eigenvalue weighted by Crippen LogP contribution is 2.31. The van der Waals surface area contributed by atoms with E-state index >= 15 is 0 Å². The Balaban J connectivity index is 1.47. The maximum absolute atomic E-state index is 13.9. The predicted octanol–water partition coefficient (Wildman–Crippen LogP) is 1.77. The average Bonchev–Trinajstić information content (AvgIpc) is 3.39. The summed E-state index contributed by atoms with van der Waals surface area (Å²) < 4.78 is 48.3. The lowest BCUT2D eigenvalue weighted by Gasteiger charge is -2.16. The SMILES string of the molecule is C[C@@H](NS(=O)(=O)CCCCn1cnc(C(N)=O)n1)c1ccc(F)c(OCC2CC2)c1. The Hall–Kier alpha value is -2.53. The normalized spacial score (nSPS) is 15.1. The van der Waals surface area contributed by atoms with Gasteiger partial charge in [0.1, 0.15) is 6.33 Å². The summed E-state index contributed by atoms with van der Waals surface area (Å²) in [6.07, 6.45) is 4.51. The number of amides is 1. The van der Waals surface area contributed by atoms with Crippen LogP contribution in [-0.2, 0) is 16.6 Å². The molecular formula is C19H26FN5O4S. The van der Waals surface area contributed by atoms with Crippen molar-refractivity contribution < 1.29 is 22.3 Å². The summed E-state index contributed by atoms with van der Waals surface area (Å²) in [5, 5.41) is 3.90. The molecule has 9 nitrogen and oxygen atoms in total. The van der Waals surface area contributed by atoms with Crippen molar-refractivity contribution in [2.45, 2.75) is 45.2 Å². The number of nitrogens with zero attached hydrogens (tertiary/aromatic N) is 3. The van der Waals surface area contributed by atoms with Crippen LogP contribution in [0.2, 0.25) is 0 Å². The van der Waals surface area contributed by atoms with Crippen LogP contribution < -0.4 is 15.2 Å². The molecule has 0 spiro atoms. The molecule has 0 aliphatic heterocycles. The summed E-state index contributed by atoms with van der Waals surface area (Å²) in [5.41, 5.74) is 5.72. The topological polar surface area (TPSA) is 129 Å². The van der Waals surface area contributed by atoms with Gasteiger partial charge in [0.05, 0.1) is 12.4 Å². The maximum atomic E-state index is 13.9. The molecule has 2 aromatic rings. The largest absolute Gasteiger partial charge is 0.490 e. The second-order valence-corrected chi connectivity index (χ2v) is 9.38. The molecule has 1 fully saturated rings. The lowest BCUT2D eigenvalue weighted by atomic mass is 10.1. The molecule has 0 bridgehead atoms. The van der Waals surface area contributed by atoms with Crippen LogP contribution in [0, 0.1) is 11.7 Å². The molecular weight excluding hydrogens is 413 g/mol. The van der Waals surface area contributed by atoms with E-state index in [9.17, 15) is 17.6 Å². The number of halogens is 1.